The molecule has 28 heavy (non-hydrogen) atoms. The Kier molecular flexibility index (Phi) is 6.03. The second-order valence-corrected chi connectivity index (χ2v) is 6.75. The van der Waals surface area contributed by atoms with Crippen molar-refractivity contribution in [3.63, 3.8) is 0 Å². The Morgan fingerprint density at radius 1 is 1.29 bits per heavy atom. The van der Waals surface area contributed by atoms with Crippen LogP contribution < -0.4 is 9.80 Å². The molecular weight excluding hydrogens is 362 g/mol. The van der Waals surface area contributed by atoms with Gasteiger partial charge >= 0.3 is 11.7 Å². The van der Waals surface area contributed by atoms with Crippen LogP contribution in [0.5, 0.6) is 0 Å². The molecule has 9 heteroatoms. The van der Waals surface area contributed by atoms with Crippen molar-refractivity contribution in [1.82, 2.24) is 9.97 Å². The van der Waals surface area contributed by atoms with Gasteiger partial charge < -0.3 is 14.5 Å². The number of ether oxygens (including phenoxy) is 1. The quantitative estimate of drug-likeness (QED) is 0.424. The van der Waals surface area contributed by atoms with E-state index in [0.29, 0.717) is 38.3 Å². The van der Waals surface area contributed by atoms with Crippen LogP contribution in [0.4, 0.5) is 17.3 Å². The first-order chi connectivity index (χ1) is 13.5. The van der Waals surface area contributed by atoms with Crippen molar-refractivity contribution in [1.29, 1.82) is 0 Å². The summed E-state index contributed by atoms with van der Waals surface area (Å²) in [6.45, 7) is 1.49. The Hall–Kier alpha value is -3.23. The van der Waals surface area contributed by atoms with Crippen molar-refractivity contribution in [3.05, 3.63) is 52.3 Å². The molecule has 0 N–H and O–H groups in total. The number of benzene rings is 1. The molecule has 1 fully saturated rings. The zero-order chi connectivity index (χ0) is 20.1. The van der Waals surface area contributed by atoms with Crippen LogP contribution in [0.2, 0.25) is 0 Å². The molecule has 0 atom stereocenters. The first-order valence-electron chi connectivity index (χ1n) is 9.08. The van der Waals surface area contributed by atoms with Gasteiger partial charge in [-0.15, -0.1) is 0 Å². The molecule has 0 spiro atoms. The number of methoxy groups -OCH3 is 1. The van der Waals surface area contributed by atoms with Crippen molar-refractivity contribution in [2.75, 3.05) is 37.0 Å². The Bertz CT molecular complexity index is 837. The van der Waals surface area contributed by atoms with E-state index in [2.05, 4.69) is 9.97 Å². The normalized spacial score (nSPS) is 14.6. The third-order valence-corrected chi connectivity index (χ3v) is 4.92. The van der Waals surface area contributed by atoms with Gasteiger partial charge in [0.25, 0.3) is 0 Å². The highest BCUT2D eigenvalue weighted by Gasteiger charge is 2.33. The second kappa shape index (κ2) is 8.64. The van der Waals surface area contributed by atoms with Crippen LogP contribution in [0.15, 0.2) is 36.7 Å². The number of rotatable bonds is 6. The van der Waals surface area contributed by atoms with Gasteiger partial charge in [0.15, 0.2) is 0 Å². The standard InChI is InChI=1S/C19H23N5O4/c1-22(12-14-6-4-3-5-7-14)17-16(24(26)27)18(21-13-20-17)23-10-8-15(9-11-23)19(25)28-2/h3-7,13,15H,8-12H2,1-2H3. The minimum atomic E-state index is -0.432. The topological polar surface area (TPSA) is 102 Å². The average molecular weight is 385 g/mol. The van der Waals surface area contributed by atoms with Gasteiger partial charge in [-0.1, -0.05) is 30.3 Å². The zero-order valence-corrected chi connectivity index (χ0v) is 15.9. The molecule has 3 rings (SSSR count). The van der Waals surface area contributed by atoms with E-state index in [1.807, 2.05) is 35.2 Å². The van der Waals surface area contributed by atoms with Crippen LogP contribution in [0.25, 0.3) is 0 Å². The molecule has 0 unspecified atom stereocenters. The van der Waals surface area contributed by atoms with Crippen molar-refractivity contribution in [2.45, 2.75) is 19.4 Å². The Balaban J connectivity index is 1.84. The smallest absolute Gasteiger partial charge is 0.353 e. The summed E-state index contributed by atoms with van der Waals surface area (Å²) in [4.78, 5) is 35.1. The summed E-state index contributed by atoms with van der Waals surface area (Å²) >= 11 is 0. The molecule has 0 aliphatic carbocycles. The molecule has 148 valence electrons. The second-order valence-electron chi connectivity index (χ2n) is 6.75. The number of nitro groups is 1. The lowest BCUT2D eigenvalue weighted by Gasteiger charge is -2.31. The maximum atomic E-state index is 11.9. The maximum absolute atomic E-state index is 11.9. The number of anilines is 2. The molecule has 0 amide bonds. The van der Waals surface area contributed by atoms with E-state index >= 15 is 0 Å². The predicted octanol–water partition coefficient (Wildman–Crippen LogP) is 2.41. The van der Waals surface area contributed by atoms with Crippen molar-refractivity contribution in [2.24, 2.45) is 5.92 Å². The van der Waals surface area contributed by atoms with Gasteiger partial charge in [-0.2, -0.15) is 0 Å². The van der Waals surface area contributed by atoms with Crippen molar-refractivity contribution < 1.29 is 14.5 Å². The minimum Gasteiger partial charge on any atom is -0.469 e. The summed E-state index contributed by atoms with van der Waals surface area (Å²) in [7, 11) is 3.15. The van der Waals surface area contributed by atoms with E-state index in [9.17, 15) is 14.9 Å². The van der Waals surface area contributed by atoms with Crippen LogP contribution in [0.1, 0.15) is 18.4 Å². The highest BCUT2D eigenvalue weighted by Crippen LogP contribution is 2.36. The fourth-order valence-electron chi connectivity index (χ4n) is 3.46. The fourth-order valence-corrected chi connectivity index (χ4v) is 3.46. The number of piperidine rings is 1. The summed E-state index contributed by atoms with van der Waals surface area (Å²) in [6.07, 6.45) is 2.50. The molecule has 2 aromatic rings. The average Bonchev–Trinajstić information content (AvgIpc) is 2.73. The fraction of sp³-hybridized carbons (Fsp3) is 0.421. The number of nitrogens with zero attached hydrogens (tertiary/aromatic N) is 5. The predicted molar refractivity (Wildman–Crippen MR) is 104 cm³/mol. The van der Waals surface area contributed by atoms with E-state index < -0.39 is 4.92 Å². The lowest BCUT2D eigenvalue weighted by Crippen LogP contribution is -2.37. The lowest BCUT2D eigenvalue weighted by molar-refractivity contribution is -0.383. The zero-order valence-electron chi connectivity index (χ0n) is 15.9. The highest BCUT2D eigenvalue weighted by atomic mass is 16.6. The van der Waals surface area contributed by atoms with Gasteiger partial charge in [0.2, 0.25) is 11.6 Å². The number of hydrogen-bond donors (Lipinski definition) is 0. The van der Waals surface area contributed by atoms with Crippen LogP contribution in [0.3, 0.4) is 0 Å². The molecule has 0 bridgehead atoms. The Morgan fingerprint density at radius 3 is 2.57 bits per heavy atom. The van der Waals surface area contributed by atoms with E-state index in [4.69, 9.17) is 4.74 Å². The Labute approximate surface area is 163 Å². The first-order valence-corrected chi connectivity index (χ1v) is 9.08. The van der Waals surface area contributed by atoms with Gasteiger partial charge in [0.05, 0.1) is 18.0 Å². The number of hydrogen-bond acceptors (Lipinski definition) is 8. The third-order valence-electron chi connectivity index (χ3n) is 4.92. The number of carbonyl (C=O) groups excluding carboxylic acids is 1. The molecule has 1 saturated heterocycles. The van der Waals surface area contributed by atoms with E-state index in [1.54, 1.807) is 11.9 Å². The molecule has 0 saturated carbocycles. The van der Waals surface area contributed by atoms with Gasteiger partial charge in [-0.3, -0.25) is 14.9 Å². The molecule has 9 nitrogen and oxygen atoms in total. The first kappa shape index (κ1) is 19.5. The summed E-state index contributed by atoms with van der Waals surface area (Å²) in [6, 6.07) is 9.69. The van der Waals surface area contributed by atoms with E-state index in [1.165, 1.54) is 13.4 Å². The minimum absolute atomic E-state index is 0.113. The van der Waals surface area contributed by atoms with Gasteiger partial charge in [0.1, 0.15) is 6.33 Å². The molecule has 1 aliphatic heterocycles. The molecular formula is C19H23N5O4. The van der Waals surface area contributed by atoms with Crippen LogP contribution in [-0.2, 0) is 16.1 Å². The summed E-state index contributed by atoms with van der Waals surface area (Å²) in [5.74, 6) is 0.148. The summed E-state index contributed by atoms with van der Waals surface area (Å²) < 4.78 is 4.80. The van der Waals surface area contributed by atoms with Crippen molar-refractivity contribution in [3.8, 4) is 0 Å². The van der Waals surface area contributed by atoms with Gasteiger partial charge in [0, 0.05) is 26.7 Å². The molecule has 1 aromatic heterocycles. The largest absolute Gasteiger partial charge is 0.469 e. The van der Waals surface area contributed by atoms with E-state index in [-0.39, 0.29) is 23.4 Å². The van der Waals surface area contributed by atoms with Gasteiger partial charge in [-0.25, -0.2) is 9.97 Å². The van der Waals surface area contributed by atoms with Crippen LogP contribution in [0, 0.1) is 16.0 Å². The van der Waals surface area contributed by atoms with Crippen molar-refractivity contribution >= 4 is 23.3 Å². The van der Waals surface area contributed by atoms with E-state index in [0.717, 1.165) is 5.56 Å². The monoisotopic (exact) mass is 385 g/mol. The molecule has 0 radical (unpaired) electrons. The third kappa shape index (κ3) is 4.19. The number of carbonyl (C=O) groups is 1. The molecule has 1 aromatic carbocycles. The highest BCUT2D eigenvalue weighted by molar-refractivity contribution is 5.74. The number of esters is 1. The summed E-state index contributed by atoms with van der Waals surface area (Å²) in [5, 5.41) is 11.9. The SMILES string of the molecule is COC(=O)C1CCN(c2ncnc(N(C)Cc3ccccc3)c2[N+](=O)[O-])CC1. The lowest BCUT2D eigenvalue weighted by atomic mass is 9.97. The molecule has 2 heterocycles. The van der Waals surface area contributed by atoms with Gasteiger partial charge in [-0.05, 0) is 18.4 Å². The maximum Gasteiger partial charge on any atom is 0.353 e. The Morgan fingerprint density at radius 2 is 1.96 bits per heavy atom. The summed E-state index contributed by atoms with van der Waals surface area (Å²) in [5.41, 5.74) is 0.913. The van der Waals surface area contributed by atoms with Crippen LogP contribution in [-0.4, -0.2) is 48.1 Å². The molecule has 1 aliphatic rings. The van der Waals surface area contributed by atoms with Crippen LogP contribution >= 0.6 is 0 Å². The number of aromatic nitrogens is 2.